The van der Waals surface area contributed by atoms with E-state index in [2.05, 4.69) is 11.4 Å². The molecule has 5 heteroatoms. The van der Waals surface area contributed by atoms with Gasteiger partial charge in [0.25, 0.3) is 0 Å². The Kier molecular flexibility index (Phi) is 5.33. The highest BCUT2D eigenvalue weighted by atomic mass is 16.5. The molecule has 130 valence electrons. The van der Waals surface area contributed by atoms with Crippen LogP contribution < -0.4 is 10.1 Å². The van der Waals surface area contributed by atoms with Crippen LogP contribution in [0.4, 0.5) is 0 Å². The largest absolute Gasteiger partial charge is 0.457 e. The van der Waals surface area contributed by atoms with Gasteiger partial charge in [-0.2, -0.15) is 0 Å². The van der Waals surface area contributed by atoms with E-state index < -0.39 is 0 Å². The molecule has 2 aromatic carbocycles. The van der Waals surface area contributed by atoms with Crippen LogP contribution in [0.25, 0.3) is 0 Å². The van der Waals surface area contributed by atoms with Crippen molar-refractivity contribution in [2.45, 2.75) is 19.3 Å². The minimum absolute atomic E-state index is 0.0330. The molecule has 1 atom stereocenters. The Bertz CT molecular complexity index is 746. The maximum atomic E-state index is 12.1. The molecular weight excluding hydrogens is 316 g/mol. The summed E-state index contributed by atoms with van der Waals surface area (Å²) in [5, 5.41) is 2.56. The first-order valence-electron chi connectivity index (χ1n) is 8.47. The molecule has 0 aromatic heterocycles. The lowest BCUT2D eigenvalue weighted by atomic mass is 9.98. The van der Waals surface area contributed by atoms with Gasteiger partial charge in [0.2, 0.25) is 11.8 Å². The summed E-state index contributed by atoms with van der Waals surface area (Å²) in [7, 11) is 0. The fourth-order valence-corrected chi connectivity index (χ4v) is 3.03. The van der Waals surface area contributed by atoms with E-state index in [-0.39, 0.29) is 18.4 Å². The molecular formula is C20H22N2O3. The van der Waals surface area contributed by atoms with Crippen LogP contribution in [0.1, 0.15) is 24.8 Å². The lowest BCUT2D eigenvalue weighted by Crippen LogP contribution is -2.38. The molecule has 1 N–H and O–H groups in total. The molecule has 2 amide bonds. The number of hydrogen-bond acceptors (Lipinski definition) is 3. The predicted molar refractivity (Wildman–Crippen MR) is 95.6 cm³/mol. The summed E-state index contributed by atoms with van der Waals surface area (Å²) in [5.41, 5.74) is 1.17. The normalized spacial score (nSPS) is 16.5. The number of ether oxygens (including phenoxy) is 1. The minimum atomic E-state index is -0.185. The zero-order valence-electron chi connectivity index (χ0n) is 14.3. The number of carbonyl (C=O) groups is 2. The third-order valence-electron chi connectivity index (χ3n) is 4.34. The van der Waals surface area contributed by atoms with Crippen molar-refractivity contribution in [1.29, 1.82) is 0 Å². The van der Waals surface area contributed by atoms with Crippen molar-refractivity contribution in [2.75, 3.05) is 19.6 Å². The third-order valence-corrected chi connectivity index (χ3v) is 4.34. The van der Waals surface area contributed by atoms with Crippen LogP contribution in [0.2, 0.25) is 0 Å². The van der Waals surface area contributed by atoms with Crippen molar-refractivity contribution in [2.24, 2.45) is 0 Å². The molecule has 1 fully saturated rings. The number of hydrogen-bond donors (Lipinski definition) is 1. The topological polar surface area (TPSA) is 58.6 Å². The standard InChI is InChI=1S/C20H22N2O3/c1-15(23)21-13-20(24)22-11-10-17(14-22)16-6-5-9-19(12-16)25-18-7-3-2-4-8-18/h2-9,12,17H,10-11,13-14H2,1H3,(H,21,23)/t17-/m1/s1. The van der Waals surface area contributed by atoms with E-state index >= 15 is 0 Å². The number of amides is 2. The van der Waals surface area contributed by atoms with Crippen LogP contribution in [0.3, 0.4) is 0 Å². The summed E-state index contributed by atoms with van der Waals surface area (Å²) < 4.78 is 5.89. The van der Waals surface area contributed by atoms with Gasteiger partial charge in [-0.1, -0.05) is 30.3 Å². The van der Waals surface area contributed by atoms with Gasteiger partial charge in [0.05, 0.1) is 6.54 Å². The summed E-state index contributed by atoms with van der Waals surface area (Å²) >= 11 is 0. The van der Waals surface area contributed by atoms with E-state index in [1.807, 2.05) is 53.4 Å². The molecule has 0 unspecified atom stereocenters. The second-order valence-electron chi connectivity index (χ2n) is 6.22. The van der Waals surface area contributed by atoms with Crippen molar-refractivity contribution in [3.05, 3.63) is 60.2 Å². The van der Waals surface area contributed by atoms with Crippen LogP contribution in [-0.4, -0.2) is 36.3 Å². The second kappa shape index (κ2) is 7.83. The predicted octanol–water partition coefficient (Wildman–Crippen LogP) is 2.93. The quantitative estimate of drug-likeness (QED) is 0.912. The van der Waals surface area contributed by atoms with Crippen molar-refractivity contribution in [3.8, 4) is 11.5 Å². The second-order valence-corrected chi connectivity index (χ2v) is 6.22. The number of benzene rings is 2. The van der Waals surface area contributed by atoms with Gasteiger partial charge >= 0.3 is 0 Å². The average Bonchev–Trinajstić information content (AvgIpc) is 3.11. The molecule has 0 spiro atoms. The average molecular weight is 338 g/mol. The van der Waals surface area contributed by atoms with Crippen molar-refractivity contribution < 1.29 is 14.3 Å². The van der Waals surface area contributed by atoms with Crippen LogP contribution >= 0.6 is 0 Å². The van der Waals surface area contributed by atoms with Crippen LogP contribution in [0.5, 0.6) is 11.5 Å². The van der Waals surface area contributed by atoms with Crippen molar-refractivity contribution >= 4 is 11.8 Å². The Labute approximate surface area is 147 Å². The van der Waals surface area contributed by atoms with Crippen LogP contribution in [0.15, 0.2) is 54.6 Å². The molecule has 1 aliphatic rings. The monoisotopic (exact) mass is 338 g/mol. The van der Waals surface area contributed by atoms with Gasteiger partial charge in [-0.15, -0.1) is 0 Å². The smallest absolute Gasteiger partial charge is 0.241 e. The van der Waals surface area contributed by atoms with Gasteiger partial charge in [-0.25, -0.2) is 0 Å². The Hall–Kier alpha value is -2.82. The molecule has 3 rings (SSSR count). The van der Waals surface area contributed by atoms with E-state index in [4.69, 9.17) is 4.74 Å². The number of para-hydroxylation sites is 1. The van der Waals surface area contributed by atoms with Crippen LogP contribution in [-0.2, 0) is 9.59 Å². The van der Waals surface area contributed by atoms with E-state index in [1.165, 1.54) is 12.5 Å². The summed E-state index contributed by atoms with van der Waals surface area (Å²) in [4.78, 5) is 24.9. The molecule has 0 radical (unpaired) electrons. The highest BCUT2D eigenvalue weighted by Gasteiger charge is 2.27. The zero-order valence-corrected chi connectivity index (χ0v) is 14.3. The fraction of sp³-hybridized carbons (Fsp3) is 0.300. The first-order valence-corrected chi connectivity index (χ1v) is 8.47. The highest BCUT2D eigenvalue weighted by molar-refractivity contribution is 5.83. The third kappa shape index (κ3) is 4.59. The first kappa shape index (κ1) is 17.0. The Balaban J connectivity index is 1.62. The summed E-state index contributed by atoms with van der Waals surface area (Å²) in [5.74, 6) is 1.68. The Morgan fingerprint density at radius 1 is 1.12 bits per heavy atom. The van der Waals surface area contributed by atoms with E-state index in [1.54, 1.807) is 0 Å². The van der Waals surface area contributed by atoms with Gasteiger partial charge in [-0.3, -0.25) is 9.59 Å². The van der Waals surface area contributed by atoms with Gasteiger partial charge in [0.15, 0.2) is 0 Å². The summed E-state index contributed by atoms with van der Waals surface area (Å²) in [6.45, 7) is 2.87. The fourth-order valence-electron chi connectivity index (χ4n) is 3.03. The Morgan fingerprint density at radius 3 is 2.64 bits per heavy atom. The molecule has 0 bridgehead atoms. The van der Waals surface area contributed by atoms with Gasteiger partial charge in [-0.05, 0) is 36.2 Å². The minimum Gasteiger partial charge on any atom is -0.457 e. The molecule has 0 saturated carbocycles. The van der Waals surface area contributed by atoms with Crippen molar-refractivity contribution in [3.63, 3.8) is 0 Å². The lowest BCUT2D eigenvalue weighted by Gasteiger charge is -2.17. The molecule has 1 aliphatic heterocycles. The number of carbonyl (C=O) groups excluding carboxylic acids is 2. The van der Waals surface area contributed by atoms with Crippen molar-refractivity contribution in [1.82, 2.24) is 10.2 Å². The molecule has 25 heavy (non-hydrogen) atoms. The molecule has 0 aliphatic carbocycles. The number of rotatable bonds is 5. The molecule has 5 nitrogen and oxygen atoms in total. The van der Waals surface area contributed by atoms with Gasteiger partial charge < -0.3 is 15.0 Å². The number of likely N-dealkylation sites (tertiary alicyclic amines) is 1. The van der Waals surface area contributed by atoms with E-state index in [0.717, 1.165) is 17.9 Å². The van der Waals surface area contributed by atoms with Gasteiger partial charge in [0.1, 0.15) is 11.5 Å². The molecule has 1 saturated heterocycles. The van der Waals surface area contributed by atoms with E-state index in [9.17, 15) is 9.59 Å². The SMILES string of the molecule is CC(=O)NCC(=O)N1CC[C@@H](c2cccc(Oc3ccccc3)c2)C1. The maximum Gasteiger partial charge on any atom is 0.241 e. The lowest BCUT2D eigenvalue weighted by molar-refractivity contribution is -0.131. The summed E-state index contributed by atoms with van der Waals surface area (Å²) in [6.07, 6.45) is 0.917. The molecule has 1 heterocycles. The van der Waals surface area contributed by atoms with Gasteiger partial charge in [0, 0.05) is 25.9 Å². The highest BCUT2D eigenvalue weighted by Crippen LogP contribution is 2.30. The maximum absolute atomic E-state index is 12.1. The number of nitrogens with one attached hydrogen (secondary N) is 1. The van der Waals surface area contributed by atoms with E-state index in [0.29, 0.717) is 19.0 Å². The Morgan fingerprint density at radius 2 is 1.88 bits per heavy atom. The number of nitrogens with zero attached hydrogens (tertiary/aromatic N) is 1. The zero-order chi connectivity index (χ0) is 17.6. The first-order chi connectivity index (χ1) is 12.1. The van der Waals surface area contributed by atoms with Crippen LogP contribution in [0, 0.1) is 0 Å². The summed E-state index contributed by atoms with van der Waals surface area (Å²) in [6, 6.07) is 17.7. The molecule has 2 aromatic rings.